The Labute approximate surface area is 128 Å². The smallest absolute Gasteiger partial charge is 0.336 e. The highest BCUT2D eigenvalue weighted by Gasteiger charge is 2.37. The van der Waals surface area contributed by atoms with Gasteiger partial charge in [-0.3, -0.25) is 0 Å². The third kappa shape index (κ3) is 10.1. The van der Waals surface area contributed by atoms with Crippen molar-refractivity contribution in [2.24, 2.45) is 0 Å². The Kier molecular flexibility index (Phi) is 13.2. The van der Waals surface area contributed by atoms with Gasteiger partial charge in [-0.25, -0.2) is 0 Å². The van der Waals surface area contributed by atoms with E-state index in [1.807, 2.05) is 0 Å². The standard InChI is InChI=1S/C14H34O4Si2/c1-6-10-15-19(16-11-7-2)14-20(5,17-12-8-3)18-13-9-4/h19H,6-14H2,1-5H3. The Bertz CT molecular complexity index is 201. The van der Waals surface area contributed by atoms with Crippen LogP contribution in [0.4, 0.5) is 0 Å². The van der Waals surface area contributed by atoms with Crippen LogP contribution in [-0.2, 0) is 17.7 Å². The Morgan fingerprint density at radius 2 is 1.10 bits per heavy atom. The summed E-state index contributed by atoms with van der Waals surface area (Å²) in [6, 6.07) is 0. The van der Waals surface area contributed by atoms with Crippen LogP contribution in [0, 0.1) is 0 Å². The van der Waals surface area contributed by atoms with Crippen LogP contribution in [0.25, 0.3) is 0 Å². The van der Waals surface area contributed by atoms with Crippen molar-refractivity contribution >= 4 is 17.8 Å². The molecule has 0 heterocycles. The van der Waals surface area contributed by atoms with E-state index in [0.717, 1.165) is 57.8 Å². The summed E-state index contributed by atoms with van der Waals surface area (Å²) in [5.74, 6) is 0. The second kappa shape index (κ2) is 13.0. The van der Waals surface area contributed by atoms with Crippen molar-refractivity contribution in [1.29, 1.82) is 0 Å². The van der Waals surface area contributed by atoms with E-state index < -0.39 is 17.8 Å². The van der Waals surface area contributed by atoms with Crippen molar-refractivity contribution in [2.75, 3.05) is 26.4 Å². The number of rotatable bonds is 14. The summed E-state index contributed by atoms with van der Waals surface area (Å²) in [5.41, 5.74) is 0.882. The Morgan fingerprint density at radius 3 is 1.45 bits per heavy atom. The predicted molar refractivity (Wildman–Crippen MR) is 88.5 cm³/mol. The molecule has 0 rings (SSSR count). The second-order valence-corrected chi connectivity index (χ2v) is 11.2. The Hall–Kier alpha value is 0.274. The molecular formula is C14H34O4Si2. The lowest BCUT2D eigenvalue weighted by Crippen LogP contribution is -2.45. The van der Waals surface area contributed by atoms with Crippen LogP contribution in [0.2, 0.25) is 12.2 Å². The molecule has 0 aromatic rings. The highest BCUT2D eigenvalue weighted by atomic mass is 28.4. The molecule has 0 amide bonds. The van der Waals surface area contributed by atoms with Crippen LogP contribution in [0.1, 0.15) is 53.4 Å². The van der Waals surface area contributed by atoms with Crippen molar-refractivity contribution in [3.8, 4) is 0 Å². The third-order valence-electron chi connectivity index (χ3n) is 2.78. The molecule has 4 nitrogen and oxygen atoms in total. The highest BCUT2D eigenvalue weighted by Crippen LogP contribution is 2.18. The zero-order chi connectivity index (χ0) is 15.3. The fourth-order valence-corrected chi connectivity index (χ4v) is 8.52. The molecule has 0 fully saturated rings. The van der Waals surface area contributed by atoms with Crippen molar-refractivity contribution in [3.05, 3.63) is 0 Å². The van der Waals surface area contributed by atoms with Gasteiger partial charge in [0, 0.05) is 32.1 Å². The van der Waals surface area contributed by atoms with E-state index >= 15 is 0 Å². The minimum Gasteiger partial charge on any atom is -0.397 e. The molecule has 0 aliphatic rings. The highest BCUT2D eigenvalue weighted by molar-refractivity contribution is 6.77. The van der Waals surface area contributed by atoms with E-state index in [1.165, 1.54) is 0 Å². The van der Waals surface area contributed by atoms with Gasteiger partial charge in [0.1, 0.15) is 0 Å². The molecule has 0 saturated heterocycles. The summed E-state index contributed by atoms with van der Waals surface area (Å²) >= 11 is 0. The van der Waals surface area contributed by atoms with Crippen molar-refractivity contribution < 1.29 is 17.7 Å². The van der Waals surface area contributed by atoms with Gasteiger partial charge in [0.15, 0.2) is 0 Å². The largest absolute Gasteiger partial charge is 0.397 e. The molecule has 122 valence electrons. The van der Waals surface area contributed by atoms with Crippen molar-refractivity contribution in [3.63, 3.8) is 0 Å². The van der Waals surface area contributed by atoms with E-state index in [1.54, 1.807) is 0 Å². The van der Waals surface area contributed by atoms with Gasteiger partial charge in [0.05, 0.1) is 0 Å². The maximum Gasteiger partial charge on any atom is 0.336 e. The van der Waals surface area contributed by atoms with Crippen LogP contribution >= 0.6 is 0 Å². The number of hydrogen-bond acceptors (Lipinski definition) is 4. The quantitative estimate of drug-likeness (QED) is 0.459. The molecule has 0 aromatic carbocycles. The molecule has 0 aliphatic heterocycles. The molecule has 6 heteroatoms. The van der Waals surface area contributed by atoms with Crippen LogP contribution in [0.15, 0.2) is 0 Å². The molecule has 0 atom stereocenters. The van der Waals surface area contributed by atoms with Gasteiger partial charge in [0.25, 0.3) is 0 Å². The monoisotopic (exact) mass is 322 g/mol. The summed E-state index contributed by atoms with van der Waals surface area (Å²) in [7, 11) is -3.81. The summed E-state index contributed by atoms with van der Waals surface area (Å²) in [6.45, 7) is 13.8. The maximum atomic E-state index is 6.06. The molecule has 0 saturated carbocycles. The van der Waals surface area contributed by atoms with E-state index in [2.05, 4.69) is 34.2 Å². The Morgan fingerprint density at radius 1 is 0.700 bits per heavy atom. The molecule has 0 aliphatic carbocycles. The summed E-state index contributed by atoms with van der Waals surface area (Å²) in [5, 5.41) is 0. The first kappa shape index (κ1) is 20.3. The number of hydrogen-bond donors (Lipinski definition) is 0. The normalized spacial score (nSPS) is 12.3. The van der Waals surface area contributed by atoms with Gasteiger partial charge >= 0.3 is 17.8 Å². The topological polar surface area (TPSA) is 36.9 Å². The van der Waals surface area contributed by atoms with Crippen molar-refractivity contribution in [1.82, 2.24) is 0 Å². The maximum absolute atomic E-state index is 6.06. The van der Waals surface area contributed by atoms with Crippen LogP contribution < -0.4 is 0 Å². The fraction of sp³-hybridized carbons (Fsp3) is 1.00. The lowest BCUT2D eigenvalue weighted by Gasteiger charge is -2.29. The molecular weight excluding hydrogens is 288 g/mol. The molecule has 20 heavy (non-hydrogen) atoms. The van der Waals surface area contributed by atoms with E-state index in [9.17, 15) is 0 Å². The van der Waals surface area contributed by atoms with Gasteiger partial charge in [-0.05, 0) is 32.2 Å². The van der Waals surface area contributed by atoms with Gasteiger partial charge in [-0.1, -0.05) is 27.7 Å². The SMILES string of the molecule is CCCO[SiH](C[Si](C)(OCCC)OCCC)OCCC. The van der Waals surface area contributed by atoms with Crippen molar-refractivity contribution in [2.45, 2.75) is 65.6 Å². The first-order chi connectivity index (χ1) is 9.61. The molecule has 0 aromatic heterocycles. The second-order valence-electron chi connectivity index (χ2n) is 5.21. The molecule has 0 N–H and O–H groups in total. The summed E-state index contributed by atoms with van der Waals surface area (Å²) in [4.78, 5) is 0. The lowest BCUT2D eigenvalue weighted by molar-refractivity contribution is 0.164. The van der Waals surface area contributed by atoms with E-state index in [0.29, 0.717) is 0 Å². The Balaban J connectivity index is 4.48. The van der Waals surface area contributed by atoms with Gasteiger partial charge in [-0.15, -0.1) is 0 Å². The minimum absolute atomic E-state index is 0.773. The molecule has 0 spiro atoms. The van der Waals surface area contributed by atoms with Gasteiger partial charge in [0.2, 0.25) is 0 Å². The average Bonchev–Trinajstić information content (AvgIpc) is 2.46. The first-order valence-electron chi connectivity index (χ1n) is 8.12. The van der Waals surface area contributed by atoms with Gasteiger partial charge in [-0.2, -0.15) is 0 Å². The van der Waals surface area contributed by atoms with Gasteiger partial charge < -0.3 is 17.7 Å². The lowest BCUT2D eigenvalue weighted by atomic mass is 10.5. The van der Waals surface area contributed by atoms with Crippen LogP contribution in [0.5, 0.6) is 0 Å². The van der Waals surface area contributed by atoms with Crippen LogP contribution in [0.3, 0.4) is 0 Å². The zero-order valence-electron chi connectivity index (χ0n) is 14.1. The van der Waals surface area contributed by atoms with E-state index in [4.69, 9.17) is 17.7 Å². The predicted octanol–water partition coefficient (Wildman–Crippen LogP) is 3.52. The first-order valence-corrected chi connectivity index (χ1v) is 12.4. The molecule has 0 radical (unpaired) electrons. The molecule has 0 bridgehead atoms. The molecule has 0 unspecified atom stereocenters. The summed E-state index contributed by atoms with van der Waals surface area (Å²) < 4.78 is 24.0. The summed E-state index contributed by atoms with van der Waals surface area (Å²) in [6.07, 6.45) is 4.11. The van der Waals surface area contributed by atoms with Crippen LogP contribution in [-0.4, -0.2) is 44.3 Å². The average molecular weight is 323 g/mol. The third-order valence-corrected chi connectivity index (χ3v) is 9.92. The minimum atomic E-state index is -2.14. The fourth-order valence-electron chi connectivity index (χ4n) is 1.76. The van der Waals surface area contributed by atoms with E-state index in [-0.39, 0.29) is 0 Å². The zero-order valence-corrected chi connectivity index (χ0v) is 16.2.